The van der Waals surface area contributed by atoms with Gasteiger partial charge in [0.2, 0.25) is 0 Å². The first-order chi connectivity index (χ1) is 9.56. The maximum Gasteiger partial charge on any atom is 0.263 e. The Morgan fingerprint density at radius 2 is 2.10 bits per heavy atom. The Kier molecular flexibility index (Phi) is 3.19. The molecular weight excluding hydrogens is 258 g/mol. The van der Waals surface area contributed by atoms with E-state index < -0.39 is 0 Å². The number of hydrogen-bond acceptors (Lipinski definition) is 7. The Labute approximate surface area is 117 Å². The van der Waals surface area contributed by atoms with Gasteiger partial charge in [-0.25, -0.2) is 0 Å². The van der Waals surface area contributed by atoms with Crippen LogP contribution in [0.5, 0.6) is 0 Å². The molecule has 1 atom stereocenters. The van der Waals surface area contributed by atoms with Crippen LogP contribution in [-0.4, -0.2) is 63.5 Å². The molecule has 1 aliphatic rings. The van der Waals surface area contributed by atoms with Crippen molar-refractivity contribution in [3.63, 3.8) is 0 Å². The van der Waals surface area contributed by atoms with E-state index in [1.54, 1.807) is 17.9 Å². The number of rotatable bonds is 2. The molecule has 1 saturated heterocycles. The number of likely N-dealkylation sites (N-methyl/N-ethyl adjacent to an activating group) is 2. The fourth-order valence-corrected chi connectivity index (χ4v) is 2.38. The van der Waals surface area contributed by atoms with Gasteiger partial charge in [-0.05, 0) is 14.1 Å². The number of anilines is 1. The lowest BCUT2D eigenvalue weighted by Crippen LogP contribution is -2.45. The predicted octanol–water partition coefficient (Wildman–Crippen LogP) is -0.0294. The van der Waals surface area contributed by atoms with Gasteiger partial charge in [-0.3, -0.25) is 9.58 Å². The van der Waals surface area contributed by atoms with Crippen molar-refractivity contribution >= 4 is 5.82 Å². The topological polar surface area (TPSA) is 89.2 Å². The molecule has 3 rings (SSSR count). The highest BCUT2D eigenvalue weighted by Crippen LogP contribution is 2.27. The van der Waals surface area contributed by atoms with E-state index in [4.69, 9.17) is 10.3 Å². The molecule has 20 heavy (non-hydrogen) atoms. The lowest BCUT2D eigenvalue weighted by Gasteiger charge is -2.35. The van der Waals surface area contributed by atoms with Crippen molar-refractivity contribution < 1.29 is 4.52 Å². The van der Waals surface area contributed by atoms with Crippen molar-refractivity contribution in [1.82, 2.24) is 29.7 Å². The fraction of sp³-hybridized carbons (Fsp3) is 0.583. The van der Waals surface area contributed by atoms with Gasteiger partial charge in [0, 0.05) is 26.7 Å². The van der Waals surface area contributed by atoms with E-state index in [9.17, 15) is 0 Å². The maximum atomic E-state index is 5.93. The van der Waals surface area contributed by atoms with Crippen LogP contribution in [0.15, 0.2) is 10.7 Å². The molecule has 1 aliphatic heterocycles. The zero-order valence-electron chi connectivity index (χ0n) is 11.9. The summed E-state index contributed by atoms with van der Waals surface area (Å²) in [6, 6.07) is 0.143. The van der Waals surface area contributed by atoms with Gasteiger partial charge in [0.05, 0.1) is 12.2 Å². The zero-order valence-corrected chi connectivity index (χ0v) is 11.9. The molecule has 0 aliphatic carbocycles. The summed E-state index contributed by atoms with van der Waals surface area (Å²) in [5.41, 5.74) is 6.60. The molecule has 0 radical (unpaired) electrons. The Morgan fingerprint density at radius 1 is 1.30 bits per heavy atom. The minimum Gasteiger partial charge on any atom is -0.383 e. The number of piperazine rings is 1. The lowest BCUT2D eigenvalue weighted by atomic mass is 10.2. The number of nitrogens with zero attached hydrogens (tertiary/aromatic N) is 6. The molecule has 1 fully saturated rings. The van der Waals surface area contributed by atoms with Crippen LogP contribution < -0.4 is 5.73 Å². The molecule has 8 heteroatoms. The third-order valence-corrected chi connectivity index (χ3v) is 3.81. The van der Waals surface area contributed by atoms with Crippen molar-refractivity contribution in [3.8, 4) is 11.5 Å². The maximum absolute atomic E-state index is 5.93. The molecule has 2 aromatic heterocycles. The Bertz CT molecular complexity index is 605. The molecule has 108 valence electrons. The number of aromatic nitrogens is 4. The Balaban J connectivity index is 1.88. The van der Waals surface area contributed by atoms with Crippen LogP contribution in [0.1, 0.15) is 11.9 Å². The summed E-state index contributed by atoms with van der Waals surface area (Å²) in [4.78, 5) is 8.98. The molecule has 3 heterocycles. The second-order valence-electron chi connectivity index (χ2n) is 5.28. The first-order valence-electron chi connectivity index (χ1n) is 6.56. The van der Waals surface area contributed by atoms with Crippen LogP contribution >= 0.6 is 0 Å². The molecule has 1 unspecified atom stereocenters. The number of aryl methyl sites for hydroxylation is 1. The van der Waals surface area contributed by atoms with Gasteiger partial charge in [0.25, 0.3) is 5.89 Å². The van der Waals surface area contributed by atoms with E-state index in [1.165, 1.54) is 0 Å². The van der Waals surface area contributed by atoms with Crippen LogP contribution in [0.2, 0.25) is 0 Å². The van der Waals surface area contributed by atoms with E-state index in [0.29, 0.717) is 23.1 Å². The van der Waals surface area contributed by atoms with Gasteiger partial charge < -0.3 is 15.2 Å². The first kappa shape index (κ1) is 13.1. The summed E-state index contributed by atoms with van der Waals surface area (Å²) in [5.74, 6) is 1.64. The van der Waals surface area contributed by atoms with Crippen molar-refractivity contribution in [2.75, 3.05) is 39.5 Å². The van der Waals surface area contributed by atoms with Gasteiger partial charge in [-0.1, -0.05) is 5.16 Å². The third kappa shape index (κ3) is 2.16. The predicted molar refractivity (Wildman–Crippen MR) is 73.8 cm³/mol. The molecule has 0 aromatic carbocycles. The highest BCUT2D eigenvalue weighted by atomic mass is 16.5. The SMILES string of the molecule is CN1CCN(C)C(c2noc(-c3cnn(C)c3N)n2)C1. The summed E-state index contributed by atoms with van der Waals surface area (Å²) in [5, 5.41) is 8.19. The second kappa shape index (κ2) is 4.88. The van der Waals surface area contributed by atoms with Crippen LogP contribution in [-0.2, 0) is 7.05 Å². The molecule has 0 amide bonds. The minimum absolute atomic E-state index is 0.143. The molecule has 2 N–H and O–H groups in total. The van der Waals surface area contributed by atoms with Crippen LogP contribution in [0.3, 0.4) is 0 Å². The van der Waals surface area contributed by atoms with Gasteiger partial charge in [0.1, 0.15) is 11.4 Å². The minimum atomic E-state index is 0.143. The first-order valence-corrected chi connectivity index (χ1v) is 6.56. The Morgan fingerprint density at radius 3 is 2.80 bits per heavy atom. The third-order valence-electron chi connectivity index (χ3n) is 3.81. The van der Waals surface area contributed by atoms with Crippen molar-refractivity contribution in [1.29, 1.82) is 0 Å². The van der Waals surface area contributed by atoms with E-state index >= 15 is 0 Å². The van der Waals surface area contributed by atoms with E-state index in [-0.39, 0.29) is 6.04 Å². The average Bonchev–Trinajstić information content (AvgIpc) is 3.01. The number of nitrogen functional groups attached to an aromatic ring is 1. The molecule has 8 nitrogen and oxygen atoms in total. The molecular formula is C12H19N7O. The van der Waals surface area contributed by atoms with Gasteiger partial charge >= 0.3 is 0 Å². The summed E-state index contributed by atoms with van der Waals surface area (Å²) in [6.45, 7) is 2.92. The highest BCUT2D eigenvalue weighted by Gasteiger charge is 2.28. The largest absolute Gasteiger partial charge is 0.383 e. The van der Waals surface area contributed by atoms with E-state index in [2.05, 4.69) is 39.1 Å². The number of nitrogens with two attached hydrogens (primary N) is 1. The highest BCUT2D eigenvalue weighted by molar-refractivity contribution is 5.66. The van der Waals surface area contributed by atoms with E-state index in [1.807, 2.05) is 0 Å². The summed E-state index contributed by atoms with van der Waals surface area (Å²) in [7, 11) is 5.95. The van der Waals surface area contributed by atoms with Gasteiger partial charge in [-0.2, -0.15) is 10.1 Å². The summed E-state index contributed by atoms with van der Waals surface area (Å²) in [6.07, 6.45) is 1.64. The van der Waals surface area contributed by atoms with Crippen LogP contribution in [0, 0.1) is 0 Å². The van der Waals surface area contributed by atoms with Gasteiger partial charge in [-0.15, -0.1) is 0 Å². The number of hydrogen-bond donors (Lipinski definition) is 1. The van der Waals surface area contributed by atoms with Crippen molar-refractivity contribution in [2.24, 2.45) is 7.05 Å². The quantitative estimate of drug-likeness (QED) is 0.824. The average molecular weight is 277 g/mol. The molecule has 0 spiro atoms. The zero-order chi connectivity index (χ0) is 14.3. The normalized spacial score (nSPS) is 21.4. The van der Waals surface area contributed by atoms with Crippen LogP contribution in [0.4, 0.5) is 5.82 Å². The van der Waals surface area contributed by atoms with Gasteiger partial charge in [0.15, 0.2) is 5.82 Å². The van der Waals surface area contributed by atoms with Crippen molar-refractivity contribution in [2.45, 2.75) is 6.04 Å². The molecule has 2 aromatic rings. The monoisotopic (exact) mass is 277 g/mol. The summed E-state index contributed by atoms with van der Waals surface area (Å²) < 4.78 is 6.93. The Hall–Kier alpha value is -1.93. The summed E-state index contributed by atoms with van der Waals surface area (Å²) >= 11 is 0. The van der Waals surface area contributed by atoms with Crippen LogP contribution in [0.25, 0.3) is 11.5 Å². The molecule has 0 saturated carbocycles. The lowest BCUT2D eigenvalue weighted by molar-refractivity contribution is 0.108. The van der Waals surface area contributed by atoms with E-state index in [0.717, 1.165) is 19.6 Å². The van der Waals surface area contributed by atoms with Crippen molar-refractivity contribution in [3.05, 3.63) is 12.0 Å². The molecule has 0 bridgehead atoms. The second-order valence-corrected chi connectivity index (χ2v) is 5.28. The standard InChI is InChI=1S/C12H19N7O/c1-17-4-5-18(2)9(7-17)11-15-12(20-16-11)8-6-14-19(3)10(8)13/h6,9H,4-5,7,13H2,1-3H3. The fourth-order valence-electron chi connectivity index (χ4n) is 2.38. The smallest absolute Gasteiger partial charge is 0.263 e.